The Hall–Kier alpha value is -1.31. The zero-order valence-electron chi connectivity index (χ0n) is 26.2. The van der Waals surface area contributed by atoms with Crippen molar-refractivity contribution in [1.82, 2.24) is 4.90 Å². The van der Waals surface area contributed by atoms with Gasteiger partial charge in [0.15, 0.2) is 5.25 Å². The van der Waals surface area contributed by atoms with Gasteiger partial charge in [-0.2, -0.15) is 8.42 Å². The van der Waals surface area contributed by atoms with E-state index >= 15 is 0 Å². The van der Waals surface area contributed by atoms with Crippen molar-refractivity contribution in [2.75, 3.05) is 39.5 Å². The van der Waals surface area contributed by atoms with Crippen LogP contribution in [0.5, 0.6) is 0 Å². The van der Waals surface area contributed by atoms with Crippen LogP contribution in [0.2, 0.25) is 0 Å². The molecule has 6 N–H and O–H groups in total. The van der Waals surface area contributed by atoms with Crippen LogP contribution in [-0.2, 0) is 19.7 Å². The van der Waals surface area contributed by atoms with Crippen LogP contribution in [-0.4, -0.2) is 100 Å². The number of rotatable bonds is 28. The molecule has 0 aliphatic heterocycles. The van der Waals surface area contributed by atoms with Gasteiger partial charge in [-0.05, 0) is 12.8 Å². The molecule has 252 valence electrons. The Morgan fingerprint density at radius 1 is 0.619 bits per heavy atom. The summed E-state index contributed by atoms with van der Waals surface area (Å²) in [6.07, 6.45) is 15.3. The maximum atomic E-state index is 12.3. The Morgan fingerprint density at radius 2 is 0.929 bits per heavy atom. The van der Waals surface area contributed by atoms with E-state index in [-0.39, 0.29) is 32.7 Å². The highest BCUT2D eigenvalue weighted by atomic mass is 32.2. The van der Waals surface area contributed by atoms with E-state index in [1.54, 1.807) is 4.90 Å². The Balaban J connectivity index is 0. The molecule has 0 saturated carbocycles. The highest BCUT2D eigenvalue weighted by molar-refractivity contribution is 7.87. The highest BCUT2D eigenvalue weighted by Crippen LogP contribution is 2.39. The summed E-state index contributed by atoms with van der Waals surface area (Å²) in [4.78, 5) is 25.8. The molecule has 0 radical (unpaired) electrons. The van der Waals surface area contributed by atoms with Crippen molar-refractivity contribution in [3.8, 4) is 0 Å². The van der Waals surface area contributed by atoms with Gasteiger partial charge in [0.05, 0.1) is 25.2 Å². The highest BCUT2D eigenvalue weighted by Gasteiger charge is 2.55. The molecule has 0 spiro atoms. The monoisotopic (exact) mass is 627 g/mol. The van der Waals surface area contributed by atoms with Crippen molar-refractivity contribution in [2.45, 2.75) is 135 Å². The van der Waals surface area contributed by atoms with Crippen molar-refractivity contribution in [1.29, 1.82) is 0 Å². The Kier molecular flexibility index (Phi) is 27.8. The summed E-state index contributed by atoms with van der Waals surface area (Å²) in [5.74, 6) is -3.25. The average Bonchev–Trinajstić information content (AvgIpc) is 2.91. The minimum absolute atomic E-state index is 0.0649. The molecule has 1 atom stereocenters. The second-order valence-corrected chi connectivity index (χ2v) is 12.7. The smallest absolute Gasteiger partial charge is 0.325 e. The first-order valence-electron chi connectivity index (χ1n) is 16.0. The molecular weight excluding hydrogens is 566 g/mol. The van der Waals surface area contributed by atoms with Crippen LogP contribution >= 0.6 is 0 Å². The zero-order valence-corrected chi connectivity index (χ0v) is 27.0. The van der Waals surface area contributed by atoms with E-state index in [0.717, 1.165) is 77.0 Å². The van der Waals surface area contributed by atoms with Crippen LogP contribution < -0.4 is 0 Å². The van der Waals surface area contributed by atoms with Crippen molar-refractivity contribution < 1.29 is 48.1 Å². The lowest BCUT2D eigenvalue weighted by Gasteiger charge is -2.33. The fourth-order valence-corrected chi connectivity index (χ4v) is 6.43. The summed E-state index contributed by atoms with van der Waals surface area (Å²) < 4.78 is 33.4. The lowest BCUT2D eigenvalue weighted by molar-refractivity contribution is -0.156. The van der Waals surface area contributed by atoms with Gasteiger partial charge in [-0.25, -0.2) is 0 Å². The maximum Gasteiger partial charge on any atom is 0.325 e. The number of hydrogen-bond acceptors (Lipinski definition) is 8. The van der Waals surface area contributed by atoms with Gasteiger partial charge < -0.3 is 25.5 Å². The molecule has 12 heteroatoms. The van der Waals surface area contributed by atoms with Crippen LogP contribution in [0.4, 0.5) is 0 Å². The SMILES string of the molecule is CCCCCCCCCCC(CCCCCCCCCC)(C(=O)O)C(C(=O)O)S(=O)(=O)O.OCCN(CCO)CCO. The van der Waals surface area contributed by atoms with Crippen molar-refractivity contribution in [3.63, 3.8) is 0 Å². The van der Waals surface area contributed by atoms with Gasteiger partial charge in [0.1, 0.15) is 0 Å². The molecule has 0 rings (SSSR count). The van der Waals surface area contributed by atoms with Crippen molar-refractivity contribution >= 4 is 22.1 Å². The number of unbranched alkanes of at least 4 members (excludes halogenated alkanes) is 14. The summed E-state index contributed by atoms with van der Waals surface area (Å²) in [5, 5.41) is 42.6. The molecule has 11 nitrogen and oxygen atoms in total. The lowest BCUT2D eigenvalue weighted by Crippen LogP contribution is -2.51. The summed E-state index contributed by atoms with van der Waals surface area (Å²) in [5.41, 5.74) is -2.01. The molecule has 42 heavy (non-hydrogen) atoms. The second-order valence-electron chi connectivity index (χ2n) is 11.2. The normalized spacial score (nSPS) is 12.6. The standard InChI is InChI=1S/C24H46O7S.C6H15NO3/c1-3-5-7-9-11-13-15-17-19-24(23(27)28,21(22(25)26)32(29,30)31)20-18-16-14-12-10-8-6-4-2;8-4-1-7(2-5-9)3-6-10/h21H,3-20H2,1-2H3,(H,25,26)(H,27,28)(H,29,30,31);8-10H,1-6H2. The number of hydrogen-bond donors (Lipinski definition) is 6. The van der Waals surface area contributed by atoms with Crippen molar-refractivity contribution in [2.24, 2.45) is 5.41 Å². The predicted molar refractivity (Wildman–Crippen MR) is 165 cm³/mol. The molecule has 0 aromatic heterocycles. The number of aliphatic hydroxyl groups is 3. The Bertz CT molecular complexity index is 729. The number of aliphatic hydroxyl groups excluding tert-OH is 3. The largest absolute Gasteiger partial charge is 0.481 e. The molecule has 0 bridgehead atoms. The topological polar surface area (TPSA) is 193 Å². The first kappa shape index (κ1) is 42.8. The van der Waals surface area contributed by atoms with Crippen LogP contribution in [0.3, 0.4) is 0 Å². The summed E-state index contributed by atoms with van der Waals surface area (Å²) in [6, 6.07) is 0. The van der Waals surface area contributed by atoms with E-state index < -0.39 is 32.7 Å². The molecule has 1 unspecified atom stereocenters. The van der Waals surface area contributed by atoms with Crippen LogP contribution in [0.15, 0.2) is 0 Å². The zero-order chi connectivity index (χ0) is 32.3. The fourth-order valence-electron chi connectivity index (χ4n) is 5.27. The minimum atomic E-state index is -5.06. The van der Waals surface area contributed by atoms with E-state index in [1.165, 1.54) is 12.8 Å². The molecule has 0 aromatic rings. The quantitative estimate of drug-likeness (QED) is 0.0519. The minimum Gasteiger partial charge on any atom is -0.481 e. The van der Waals surface area contributed by atoms with Gasteiger partial charge in [-0.3, -0.25) is 19.0 Å². The third-order valence-corrected chi connectivity index (χ3v) is 8.90. The molecule has 0 amide bonds. The van der Waals surface area contributed by atoms with E-state index in [1.807, 2.05) is 0 Å². The molecule has 0 saturated heterocycles. The molecule has 0 heterocycles. The molecule has 0 fully saturated rings. The summed E-state index contributed by atoms with van der Waals surface area (Å²) in [6.45, 7) is 6.04. The fraction of sp³-hybridized carbons (Fsp3) is 0.933. The van der Waals surface area contributed by atoms with Gasteiger partial charge in [0.25, 0.3) is 10.1 Å². The number of nitrogens with zero attached hydrogens (tertiary/aromatic N) is 1. The van der Waals surface area contributed by atoms with Gasteiger partial charge in [0.2, 0.25) is 0 Å². The second kappa shape index (κ2) is 27.3. The third-order valence-electron chi connectivity index (χ3n) is 7.65. The molecule has 0 aliphatic rings. The van der Waals surface area contributed by atoms with E-state index in [4.69, 9.17) is 15.3 Å². The van der Waals surface area contributed by atoms with Crippen LogP contribution in [0.1, 0.15) is 129 Å². The number of aliphatic carboxylic acids is 2. The summed E-state index contributed by atoms with van der Waals surface area (Å²) in [7, 11) is -5.06. The van der Waals surface area contributed by atoms with Crippen LogP contribution in [0.25, 0.3) is 0 Å². The number of carbonyl (C=O) groups is 2. The van der Waals surface area contributed by atoms with Gasteiger partial charge >= 0.3 is 11.9 Å². The Labute approximate surface area is 254 Å². The van der Waals surface area contributed by atoms with Gasteiger partial charge in [-0.1, -0.05) is 117 Å². The van der Waals surface area contributed by atoms with Crippen molar-refractivity contribution in [3.05, 3.63) is 0 Å². The van der Waals surface area contributed by atoms with E-state index in [9.17, 15) is 32.8 Å². The molecule has 0 aromatic carbocycles. The van der Waals surface area contributed by atoms with E-state index in [0.29, 0.717) is 32.5 Å². The third kappa shape index (κ3) is 20.6. The van der Waals surface area contributed by atoms with Gasteiger partial charge in [0, 0.05) is 19.6 Å². The summed E-state index contributed by atoms with van der Waals surface area (Å²) >= 11 is 0. The lowest BCUT2D eigenvalue weighted by atomic mass is 9.74. The Morgan fingerprint density at radius 3 is 1.17 bits per heavy atom. The van der Waals surface area contributed by atoms with E-state index in [2.05, 4.69) is 13.8 Å². The maximum absolute atomic E-state index is 12.3. The average molecular weight is 628 g/mol. The number of carboxylic acids is 2. The number of carboxylic acid groups (broad SMARTS) is 2. The van der Waals surface area contributed by atoms with Gasteiger partial charge in [-0.15, -0.1) is 0 Å². The van der Waals surface area contributed by atoms with Crippen LogP contribution in [0, 0.1) is 5.41 Å². The molecule has 0 aliphatic carbocycles. The molecular formula is C30H61NO10S. The first-order chi connectivity index (χ1) is 20.0. The predicted octanol–water partition coefficient (Wildman–Crippen LogP) is 4.73. The first-order valence-corrected chi connectivity index (χ1v) is 17.5.